The highest BCUT2D eigenvalue weighted by atomic mass is 32.2. The van der Waals surface area contributed by atoms with Gasteiger partial charge in [-0.25, -0.2) is 18.4 Å². The Morgan fingerprint density at radius 3 is 2.74 bits per heavy atom. The van der Waals surface area contributed by atoms with Gasteiger partial charge in [0.15, 0.2) is 6.61 Å². The molecule has 1 amide bonds. The number of anilines is 1. The van der Waals surface area contributed by atoms with E-state index in [1.807, 2.05) is 0 Å². The van der Waals surface area contributed by atoms with Crippen LogP contribution in [0.1, 0.15) is 10.4 Å². The van der Waals surface area contributed by atoms with Crippen LogP contribution in [0.25, 0.3) is 0 Å². The van der Waals surface area contributed by atoms with E-state index in [0.717, 1.165) is 0 Å². The summed E-state index contributed by atoms with van der Waals surface area (Å²) in [6.45, 7) is -0.521. The van der Waals surface area contributed by atoms with E-state index >= 15 is 0 Å². The van der Waals surface area contributed by atoms with Gasteiger partial charge in [-0.1, -0.05) is 6.07 Å². The van der Waals surface area contributed by atoms with Crippen LogP contribution in [-0.4, -0.2) is 36.7 Å². The molecule has 2 aromatic rings. The molecule has 1 heterocycles. The second-order valence-electron chi connectivity index (χ2n) is 4.60. The zero-order chi connectivity index (χ0) is 17.0. The van der Waals surface area contributed by atoms with Crippen molar-refractivity contribution in [2.75, 3.05) is 11.9 Å². The number of nitrogens with one attached hydrogen (secondary N) is 1. The monoisotopic (exact) mass is 338 g/mol. The number of carbonyl (C=O) groups is 2. The molecular formula is C13H14N4O5S. The number of nitrogens with zero attached hydrogens (tertiary/aromatic N) is 2. The van der Waals surface area contributed by atoms with E-state index in [1.54, 1.807) is 7.05 Å². The molecule has 0 aliphatic carbocycles. The largest absolute Gasteiger partial charge is 0.452 e. The third-order valence-corrected chi connectivity index (χ3v) is 3.63. The SMILES string of the molecule is Cn1cc(C(=O)OCC(=O)Nc2cccc(S(N)(=O)=O)c2)cn1. The van der Waals surface area contributed by atoms with Crippen LogP contribution >= 0.6 is 0 Å². The van der Waals surface area contributed by atoms with Gasteiger partial charge in [-0.2, -0.15) is 5.10 Å². The van der Waals surface area contributed by atoms with E-state index in [-0.39, 0.29) is 16.1 Å². The van der Waals surface area contributed by atoms with Crippen molar-refractivity contribution in [2.45, 2.75) is 4.90 Å². The van der Waals surface area contributed by atoms with Crippen molar-refractivity contribution in [3.05, 3.63) is 42.2 Å². The minimum Gasteiger partial charge on any atom is -0.452 e. The molecule has 9 nitrogen and oxygen atoms in total. The van der Waals surface area contributed by atoms with Crippen molar-refractivity contribution in [2.24, 2.45) is 12.2 Å². The van der Waals surface area contributed by atoms with Gasteiger partial charge >= 0.3 is 5.97 Å². The van der Waals surface area contributed by atoms with Crippen molar-refractivity contribution in [1.29, 1.82) is 0 Å². The Labute approximate surface area is 132 Å². The molecule has 0 unspecified atom stereocenters. The summed E-state index contributed by atoms with van der Waals surface area (Å²) in [5.41, 5.74) is 0.440. The summed E-state index contributed by atoms with van der Waals surface area (Å²) >= 11 is 0. The molecule has 0 spiro atoms. The number of primary sulfonamides is 1. The van der Waals surface area contributed by atoms with Crippen LogP contribution in [0.5, 0.6) is 0 Å². The van der Waals surface area contributed by atoms with E-state index < -0.39 is 28.5 Å². The number of aryl methyl sites for hydroxylation is 1. The molecule has 0 saturated carbocycles. The van der Waals surface area contributed by atoms with E-state index in [4.69, 9.17) is 9.88 Å². The molecular weight excluding hydrogens is 324 g/mol. The predicted molar refractivity (Wildman–Crippen MR) is 79.9 cm³/mol. The predicted octanol–water partition coefficient (Wildman–Crippen LogP) is -0.137. The van der Waals surface area contributed by atoms with Crippen molar-refractivity contribution >= 4 is 27.6 Å². The number of hydrogen-bond donors (Lipinski definition) is 2. The number of ether oxygens (including phenoxy) is 1. The van der Waals surface area contributed by atoms with Gasteiger partial charge in [-0.3, -0.25) is 9.48 Å². The van der Waals surface area contributed by atoms with E-state index in [9.17, 15) is 18.0 Å². The zero-order valence-electron chi connectivity index (χ0n) is 12.1. The second-order valence-corrected chi connectivity index (χ2v) is 6.16. The van der Waals surface area contributed by atoms with Gasteiger partial charge in [-0.05, 0) is 18.2 Å². The highest BCUT2D eigenvalue weighted by Crippen LogP contribution is 2.14. The highest BCUT2D eigenvalue weighted by Gasteiger charge is 2.13. The van der Waals surface area contributed by atoms with Crippen LogP contribution in [0.15, 0.2) is 41.6 Å². The number of carbonyl (C=O) groups excluding carboxylic acids is 2. The Morgan fingerprint density at radius 1 is 1.39 bits per heavy atom. The topological polar surface area (TPSA) is 133 Å². The molecule has 2 rings (SSSR count). The standard InChI is InChI=1S/C13H14N4O5S/c1-17-7-9(6-15-17)13(19)22-8-12(18)16-10-3-2-4-11(5-10)23(14,20)21/h2-7H,8H2,1H3,(H,16,18)(H2,14,20,21). The fourth-order valence-electron chi connectivity index (χ4n) is 1.69. The van der Waals surface area contributed by atoms with Crippen LogP contribution in [0.3, 0.4) is 0 Å². The first kappa shape index (κ1) is 16.6. The van der Waals surface area contributed by atoms with Crippen molar-refractivity contribution < 1.29 is 22.7 Å². The number of esters is 1. The molecule has 0 radical (unpaired) electrons. The van der Waals surface area contributed by atoms with Gasteiger partial charge in [0.1, 0.15) is 0 Å². The average Bonchev–Trinajstić information content (AvgIpc) is 2.91. The summed E-state index contributed by atoms with van der Waals surface area (Å²) in [7, 11) is -2.23. The molecule has 23 heavy (non-hydrogen) atoms. The fraction of sp³-hybridized carbons (Fsp3) is 0.154. The Kier molecular flexibility index (Phi) is 4.77. The molecule has 1 aromatic carbocycles. The minimum absolute atomic E-state index is 0.136. The summed E-state index contributed by atoms with van der Waals surface area (Å²) < 4.78 is 28.7. The normalized spacial score (nSPS) is 11.0. The Morgan fingerprint density at radius 2 is 2.13 bits per heavy atom. The van der Waals surface area contributed by atoms with Gasteiger partial charge in [0, 0.05) is 18.9 Å². The molecule has 0 bridgehead atoms. The average molecular weight is 338 g/mol. The lowest BCUT2D eigenvalue weighted by Gasteiger charge is -2.07. The van der Waals surface area contributed by atoms with Gasteiger partial charge in [-0.15, -0.1) is 0 Å². The first-order valence-electron chi connectivity index (χ1n) is 6.34. The molecule has 0 fully saturated rings. The van der Waals surface area contributed by atoms with Crippen molar-refractivity contribution in [1.82, 2.24) is 9.78 Å². The summed E-state index contributed by atoms with van der Waals surface area (Å²) in [5.74, 6) is -1.31. The molecule has 1 aromatic heterocycles. The van der Waals surface area contributed by atoms with Gasteiger partial charge in [0.2, 0.25) is 10.0 Å². The summed E-state index contributed by atoms with van der Waals surface area (Å²) in [6, 6.07) is 5.41. The van der Waals surface area contributed by atoms with Crippen LogP contribution in [0.4, 0.5) is 5.69 Å². The maximum absolute atomic E-state index is 11.7. The van der Waals surface area contributed by atoms with Crippen LogP contribution < -0.4 is 10.5 Å². The molecule has 0 aliphatic rings. The first-order chi connectivity index (χ1) is 10.8. The number of amides is 1. The Hall–Kier alpha value is -2.72. The maximum atomic E-state index is 11.7. The summed E-state index contributed by atoms with van der Waals surface area (Å²) in [4.78, 5) is 23.2. The minimum atomic E-state index is -3.87. The number of aromatic nitrogens is 2. The number of hydrogen-bond acceptors (Lipinski definition) is 6. The fourth-order valence-corrected chi connectivity index (χ4v) is 2.25. The summed E-state index contributed by atoms with van der Waals surface area (Å²) in [5, 5.41) is 11.2. The first-order valence-corrected chi connectivity index (χ1v) is 7.89. The van der Waals surface area contributed by atoms with Gasteiger partial charge in [0.25, 0.3) is 5.91 Å². The lowest BCUT2D eigenvalue weighted by atomic mass is 10.3. The molecule has 0 aliphatic heterocycles. The van der Waals surface area contributed by atoms with E-state index in [2.05, 4.69) is 10.4 Å². The quantitative estimate of drug-likeness (QED) is 0.729. The maximum Gasteiger partial charge on any atom is 0.341 e. The van der Waals surface area contributed by atoms with Crippen LogP contribution in [0.2, 0.25) is 0 Å². The number of rotatable bonds is 5. The Bertz CT molecular complexity index is 844. The zero-order valence-corrected chi connectivity index (χ0v) is 12.9. The highest BCUT2D eigenvalue weighted by molar-refractivity contribution is 7.89. The third kappa shape index (κ3) is 4.63. The second kappa shape index (κ2) is 6.58. The number of nitrogens with two attached hydrogens (primary N) is 1. The Balaban J connectivity index is 1.94. The molecule has 122 valence electrons. The van der Waals surface area contributed by atoms with Gasteiger partial charge in [0.05, 0.1) is 16.7 Å². The van der Waals surface area contributed by atoms with Crippen molar-refractivity contribution in [3.8, 4) is 0 Å². The van der Waals surface area contributed by atoms with Crippen LogP contribution in [0, 0.1) is 0 Å². The van der Waals surface area contributed by atoms with Crippen molar-refractivity contribution in [3.63, 3.8) is 0 Å². The van der Waals surface area contributed by atoms with E-state index in [0.29, 0.717) is 0 Å². The molecule has 3 N–H and O–H groups in total. The number of benzene rings is 1. The smallest absolute Gasteiger partial charge is 0.341 e. The molecule has 10 heteroatoms. The van der Waals surface area contributed by atoms with E-state index in [1.165, 1.54) is 41.3 Å². The number of sulfonamides is 1. The summed E-state index contributed by atoms with van der Waals surface area (Å²) in [6.07, 6.45) is 2.77. The third-order valence-electron chi connectivity index (χ3n) is 2.72. The lowest BCUT2D eigenvalue weighted by molar-refractivity contribution is -0.119. The van der Waals surface area contributed by atoms with Crippen LogP contribution in [-0.2, 0) is 26.6 Å². The lowest BCUT2D eigenvalue weighted by Crippen LogP contribution is -2.21. The molecule has 0 saturated heterocycles. The molecule has 0 atom stereocenters. The van der Waals surface area contributed by atoms with Gasteiger partial charge < -0.3 is 10.1 Å².